The summed E-state index contributed by atoms with van der Waals surface area (Å²) in [7, 11) is 0.0359. The van der Waals surface area contributed by atoms with Crippen molar-refractivity contribution in [2.75, 3.05) is 39.8 Å². The third-order valence-corrected chi connectivity index (χ3v) is 8.77. The van der Waals surface area contributed by atoms with Crippen LogP contribution in [-0.4, -0.2) is 84.8 Å². The standard InChI is InChI=1S/C23H40N6O4S/c1-27-17-22(26-18-27)34(32,33)29-14-6-7-19(10-12-24-21(30)11-15-29)23(31)25-13-16-28(2)20-8-4-3-5-9-20/h17-20H,3-16H2,1-2H3,(H,24,30)(H,25,31). The number of carbonyl (C=O) groups excluding carboxylic acids is 2. The molecule has 2 heterocycles. The number of aryl methyl sites for hydroxylation is 1. The van der Waals surface area contributed by atoms with E-state index >= 15 is 0 Å². The Hall–Kier alpha value is -1.98. The number of carbonyl (C=O) groups is 2. The quantitative estimate of drug-likeness (QED) is 0.584. The molecular formula is C23H40N6O4S. The Morgan fingerprint density at radius 3 is 2.65 bits per heavy atom. The third-order valence-electron chi connectivity index (χ3n) is 6.98. The van der Waals surface area contributed by atoms with Gasteiger partial charge in [0.25, 0.3) is 10.0 Å². The zero-order valence-corrected chi connectivity index (χ0v) is 21.4. The minimum absolute atomic E-state index is 0.0235. The number of rotatable bonds is 7. The molecule has 2 fully saturated rings. The second-order valence-electron chi connectivity index (χ2n) is 9.57. The molecule has 0 bridgehead atoms. The van der Waals surface area contributed by atoms with Crippen LogP contribution >= 0.6 is 0 Å². The Morgan fingerprint density at radius 1 is 1.18 bits per heavy atom. The normalized spacial score (nSPS) is 22.2. The Morgan fingerprint density at radius 2 is 1.94 bits per heavy atom. The Kier molecular flexibility index (Phi) is 9.90. The molecule has 10 nitrogen and oxygen atoms in total. The van der Waals surface area contributed by atoms with Crippen LogP contribution in [0.25, 0.3) is 0 Å². The fourth-order valence-electron chi connectivity index (χ4n) is 4.83. The number of amides is 2. The van der Waals surface area contributed by atoms with Crippen molar-refractivity contribution < 1.29 is 18.0 Å². The lowest BCUT2D eigenvalue weighted by Gasteiger charge is -2.31. The van der Waals surface area contributed by atoms with Crippen LogP contribution in [0.3, 0.4) is 0 Å². The number of likely N-dealkylation sites (N-methyl/N-ethyl adjacent to an activating group) is 1. The van der Waals surface area contributed by atoms with Crippen molar-refractivity contribution in [3.63, 3.8) is 0 Å². The number of aromatic nitrogens is 2. The van der Waals surface area contributed by atoms with Crippen molar-refractivity contribution in [3.8, 4) is 0 Å². The molecule has 2 N–H and O–H groups in total. The lowest BCUT2D eigenvalue weighted by atomic mass is 9.94. The van der Waals surface area contributed by atoms with Gasteiger partial charge in [0.1, 0.15) is 0 Å². The van der Waals surface area contributed by atoms with Crippen molar-refractivity contribution >= 4 is 21.8 Å². The molecule has 34 heavy (non-hydrogen) atoms. The highest BCUT2D eigenvalue weighted by atomic mass is 32.2. The van der Waals surface area contributed by atoms with Gasteiger partial charge in [-0.15, -0.1) is 0 Å². The first-order chi connectivity index (χ1) is 16.3. The van der Waals surface area contributed by atoms with Crippen LogP contribution in [0.2, 0.25) is 0 Å². The highest BCUT2D eigenvalue weighted by molar-refractivity contribution is 7.89. The van der Waals surface area contributed by atoms with Crippen molar-refractivity contribution in [1.82, 2.24) is 29.4 Å². The summed E-state index contributed by atoms with van der Waals surface area (Å²) < 4.78 is 29.0. The van der Waals surface area contributed by atoms with E-state index in [4.69, 9.17) is 0 Å². The van der Waals surface area contributed by atoms with Gasteiger partial charge in [0.15, 0.2) is 5.03 Å². The van der Waals surface area contributed by atoms with Crippen LogP contribution in [-0.2, 0) is 26.7 Å². The summed E-state index contributed by atoms with van der Waals surface area (Å²) >= 11 is 0. The van der Waals surface area contributed by atoms with Gasteiger partial charge in [-0.2, -0.15) is 4.31 Å². The molecule has 1 atom stereocenters. The maximum Gasteiger partial charge on any atom is 0.262 e. The molecule has 1 aliphatic carbocycles. The Balaban J connectivity index is 1.55. The highest BCUT2D eigenvalue weighted by Crippen LogP contribution is 2.21. The van der Waals surface area contributed by atoms with Gasteiger partial charge in [-0.3, -0.25) is 9.59 Å². The molecular weight excluding hydrogens is 456 g/mol. The lowest BCUT2D eigenvalue weighted by Crippen LogP contribution is -2.41. The van der Waals surface area contributed by atoms with E-state index in [0.717, 1.165) is 6.54 Å². The first-order valence-corrected chi connectivity index (χ1v) is 13.9. The fourth-order valence-corrected chi connectivity index (χ4v) is 6.28. The molecule has 0 spiro atoms. The average molecular weight is 497 g/mol. The number of hydrogen-bond donors (Lipinski definition) is 2. The predicted octanol–water partition coefficient (Wildman–Crippen LogP) is 1.10. The number of hydrogen-bond acceptors (Lipinski definition) is 6. The van der Waals surface area contributed by atoms with E-state index in [2.05, 4.69) is 27.6 Å². The molecule has 1 aromatic heterocycles. The van der Waals surface area contributed by atoms with Crippen molar-refractivity contribution in [1.29, 1.82) is 0 Å². The summed E-state index contributed by atoms with van der Waals surface area (Å²) in [6.45, 7) is 2.16. The molecule has 2 amide bonds. The van der Waals surface area contributed by atoms with Crippen molar-refractivity contribution in [2.24, 2.45) is 13.0 Å². The Labute approximate surface area is 203 Å². The molecule has 1 aromatic rings. The molecule has 0 radical (unpaired) electrons. The molecule has 1 unspecified atom stereocenters. The van der Waals surface area contributed by atoms with Crippen LogP contribution in [0.1, 0.15) is 57.8 Å². The number of imidazole rings is 1. The molecule has 1 saturated heterocycles. The monoisotopic (exact) mass is 496 g/mol. The van der Waals surface area contributed by atoms with Crippen LogP contribution in [0, 0.1) is 5.92 Å². The maximum absolute atomic E-state index is 13.0. The topological polar surface area (TPSA) is 117 Å². The van der Waals surface area contributed by atoms with Crippen LogP contribution in [0.4, 0.5) is 0 Å². The van der Waals surface area contributed by atoms with Crippen LogP contribution in [0.15, 0.2) is 17.6 Å². The molecule has 3 rings (SSSR count). The van der Waals surface area contributed by atoms with Gasteiger partial charge in [-0.1, -0.05) is 19.3 Å². The number of nitrogens with one attached hydrogen (secondary N) is 2. The van der Waals surface area contributed by atoms with Gasteiger partial charge in [0, 0.05) is 64.3 Å². The van der Waals surface area contributed by atoms with E-state index in [-0.39, 0.29) is 42.3 Å². The smallest absolute Gasteiger partial charge is 0.262 e. The lowest BCUT2D eigenvalue weighted by molar-refractivity contribution is -0.126. The van der Waals surface area contributed by atoms with E-state index in [9.17, 15) is 18.0 Å². The van der Waals surface area contributed by atoms with E-state index in [1.54, 1.807) is 11.6 Å². The summed E-state index contributed by atoms with van der Waals surface area (Å²) in [5.41, 5.74) is 0. The second-order valence-corrected chi connectivity index (χ2v) is 11.5. The van der Waals surface area contributed by atoms with Crippen molar-refractivity contribution in [2.45, 2.75) is 68.9 Å². The zero-order chi connectivity index (χ0) is 24.6. The SMILES string of the molecule is CN(CCNC(=O)C1CCCN(S(=O)(=O)c2cn(C)cn2)CCC(=O)NCC1)C1CCCCC1. The molecule has 1 aliphatic heterocycles. The van der Waals surface area contributed by atoms with E-state index < -0.39 is 10.0 Å². The minimum Gasteiger partial charge on any atom is -0.356 e. The number of nitrogens with zero attached hydrogens (tertiary/aromatic N) is 4. The van der Waals surface area contributed by atoms with Gasteiger partial charge in [0.05, 0.1) is 6.33 Å². The molecule has 1 saturated carbocycles. The average Bonchev–Trinajstić information content (AvgIpc) is 3.25. The summed E-state index contributed by atoms with van der Waals surface area (Å²) in [6.07, 6.45) is 11.0. The van der Waals surface area contributed by atoms with E-state index in [1.807, 2.05) is 0 Å². The Bertz CT molecular complexity index is 912. The molecule has 11 heteroatoms. The largest absolute Gasteiger partial charge is 0.356 e. The summed E-state index contributed by atoms with van der Waals surface area (Å²) in [4.78, 5) is 31.5. The van der Waals surface area contributed by atoms with Gasteiger partial charge >= 0.3 is 0 Å². The number of sulfonamides is 1. The van der Waals surface area contributed by atoms with Crippen LogP contribution < -0.4 is 10.6 Å². The highest BCUT2D eigenvalue weighted by Gasteiger charge is 2.28. The van der Waals surface area contributed by atoms with Gasteiger partial charge in [0.2, 0.25) is 11.8 Å². The van der Waals surface area contributed by atoms with Gasteiger partial charge < -0.3 is 20.1 Å². The minimum atomic E-state index is -3.80. The van der Waals surface area contributed by atoms with Crippen molar-refractivity contribution in [3.05, 3.63) is 12.5 Å². The fraction of sp³-hybridized carbons (Fsp3) is 0.783. The van der Waals surface area contributed by atoms with Gasteiger partial charge in [-0.25, -0.2) is 13.4 Å². The summed E-state index contributed by atoms with van der Waals surface area (Å²) in [5.74, 6) is -0.501. The zero-order valence-electron chi connectivity index (χ0n) is 20.5. The van der Waals surface area contributed by atoms with E-state index in [1.165, 1.54) is 48.9 Å². The first kappa shape index (κ1) is 26.6. The summed E-state index contributed by atoms with van der Waals surface area (Å²) in [6, 6.07) is 0.602. The molecule has 2 aliphatic rings. The third kappa shape index (κ3) is 7.51. The first-order valence-electron chi connectivity index (χ1n) is 12.5. The van der Waals surface area contributed by atoms with E-state index in [0.29, 0.717) is 38.4 Å². The maximum atomic E-state index is 13.0. The molecule has 192 valence electrons. The van der Waals surface area contributed by atoms with Gasteiger partial charge in [-0.05, 0) is 39.2 Å². The molecule has 0 aromatic carbocycles. The van der Waals surface area contributed by atoms with Crippen LogP contribution in [0.5, 0.6) is 0 Å². The second kappa shape index (κ2) is 12.6. The predicted molar refractivity (Wildman–Crippen MR) is 129 cm³/mol. The summed E-state index contributed by atoms with van der Waals surface area (Å²) in [5, 5.41) is 5.87.